The molecule has 3 heterocycles. The fourth-order valence-electron chi connectivity index (χ4n) is 2.85. The maximum absolute atomic E-state index is 12.3. The third kappa shape index (κ3) is 2.94. The molecule has 1 atom stereocenters. The minimum Gasteiger partial charge on any atom is -0.373 e. The molecule has 0 aliphatic carbocycles. The minimum atomic E-state index is 0.246. The molecule has 0 radical (unpaired) electrons. The molecule has 2 bridgehead atoms. The van der Waals surface area contributed by atoms with Crippen LogP contribution < -0.4 is 0 Å². The van der Waals surface area contributed by atoms with Gasteiger partial charge in [-0.05, 0) is 25.7 Å². The molecular weight excluding hydrogens is 244 g/mol. The van der Waals surface area contributed by atoms with E-state index in [0.717, 1.165) is 38.0 Å². The highest BCUT2D eigenvalue weighted by Gasteiger charge is 2.26. The Hall–Kier alpha value is -1.43. The van der Waals surface area contributed by atoms with Crippen molar-refractivity contribution >= 4 is 5.91 Å². The number of piperidine rings is 1. The van der Waals surface area contributed by atoms with Crippen molar-refractivity contribution in [2.75, 3.05) is 13.2 Å². The Bertz CT molecular complexity index is 446. The average Bonchev–Trinajstić information content (AvgIpc) is 2.86. The quantitative estimate of drug-likeness (QED) is 0.700. The van der Waals surface area contributed by atoms with E-state index in [1.165, 1.54) is 6.42 Å². The van der Waals surface area contributed by atoms with Crippen molar-refractivity contribution in [1.29, 1.82) is 0 Å². The van der Waals surface area contributed by atoms with Gasteiger partial charge in [-0.3, -0.25) is 9.48 Å². The highest BCUT2D eigenvalue weighted by Crippen LogP contribution is 2.19. The lowest BCUT2D eigenvalue weighted by Crippen LogP contribution is -2.46. The van der Waals surface area contributed by atoms with E-state index in [2.05, 4.69) is 10.3 Å². The summed E-state index contributed by atoms with van der Waals surface area (Å²) in [5, 5.41) is 8.11. The molecule has 1 aromatic rings. The van der Waals surface area contributed by atoms with Crippen LogP contribution >= 0.6 is 0 Å². The molecule has 1 amide bonds. The molecule has 19 heavy (non-hydrogen) atoms. The van der Waals surface area contributed by atoms with E-state index in [1.54, 1.807) is 4.68 Å². The molecule has 6 nitrogen and oxygen atoms in total. The van der Waals surface area contributed by atoms with E-state index in [4.69, 9.17) is 4.74 Å². The largest absolute Gasteiger partial charge is 0.373 e. The van der Waals surface area contributed by atoms with E-state index in [-0.39, 0.29) is 11.9 Å². The summed E-state index contributed by atoms with van der Waals surface area (Å²) in [5.74, 6) is 0.259. The molecule has 6 heteroatoms. The molecule has 0 N–H and O–H groups in total. The molecule has 1 fully saturated rings. The smallest absolute Gasteiger partial charge is 0.222 e. The first-order valence-electron chi connectivity index (χ1n) is 7.09. The molecule has 0 aromatic carbocycles. The summed E-state index contributed by atoms with van der Waals surface area (Å²) in [6.45, 7) is 2.72. The molecular formula is C13H20N4O2. The molecule has 1 aromatic heterocycles. The lowest BCUT2D eigenvalue weighted by Gasteiger charge is -2.35. The molecule has 0 saturated carbocycles. The zero-order valence-electron chi connectivity index (χ0n) is 11.1. The zero-order valence-corrected chi connectivity index (χ0v) is 11.1. The third-order valence-corrected chi connectivity index (χ3v) is 3.87. The summed E-state index contributed by atoms with van der Waals surface area (Å²) in [6, 6.07) is 0.246. The van der Waals surface area contributed by atoms with Crippen LogP contribution in [-0.2, 0) is 22.7 Å². The lowest BCUT2D eigenvalue weighted by atomic mass is 10.0. The predicted octanol–water partition coefficient (Wildman–Crippen LogP) is 0.970. The average molecular weight is 264 g/mol. The van der Waals surface area contributed by atoms with Crippen LogP contribution in [0.15, 0.2) is 6.20 Å². The number of ether oxygens (including phenoxy) is 1. The van der Waals surface area contributed by atoms with Crippen LogP contribution in [0.25, 0.3) is 0 Å². The van der Waals surface area contributed by atoms with Crippen molar-refractivity contribution < 1.29 is 9.53 Å². The number of carbonyl (C=O) groups excluding carboxylic acids is 1. The SMILES string of the molecule is O=C1CCCn2cc(nn2)COCC2CCCCN12. The van der Waals surface area contributed by atoms with Gasteiger partial charge in [0, 0.05) is 19.5 Å². The number of hydrogen-bond donors (Lipinski definition) is 0. The van der Waals surface area contributed by atoms with Gasteiger partial charge in [0.15, 0.2) is 0 Å². The lowest BCUT2D eigenvalue weighted by molar-refractivity contribution is -0.136. The van der Waals surface area contributed by atoms with Gasteiger partial charge < -0.3 is 9.64 Å². The van der Waals surface area contributed by atoms with E-state index in [1.807, 2.05) is 11.1 Å². The maximum atomic E-state index is 12.3. The van der Waals surface area contributed by atoms with Gasteiger partial charge in [0.2, 0.25) is 5.91 Å². The zero-order chi connectivity index (χ0) is 13.1. The van der Waals surface area contributed by atoms with Gasteiger partial charge in [0.1, 0.15) is 5.69 Å². The molecule has 2 aliphatic rings. The van der Waals surface area contributed by atoms with E-state index >= 15 is 0 Å². The fraction of sp³-hybridized carbons (Fsp3) is 0.769. The number of hydrogen-bond acceptors (Lipinski definition) is 4. The summed E-state index contributed by atoms with van der Waals surface area (Å²) >= 11 is 0. The summed E-state index contributed by atoms with van der Waals surface area (Å²) < 4.78 is 7.50. The summed E-state index contributed by atoms with van der Waals surface area (Å²) in [5.41, 5.74) is 0.870. The van der Waals surface area contributed by atoms with Gasteiger partial charge in [0.05, 0.1) is 25.5 Å². The standard InChI is InChI=1S/C13H20N4O2/c18-13-5-3-6-16-8-11(14-15-16)9-19-10-12-4-1-2-7-17(12)13/h8,12H,1-7,9-10H2. The Morgan fingerprint density at radius 1 is 1.26 bits per heavy atom. The van der Waals surface area contributed by atoms with Crippen LogP contribution in [0.2, 0.25) is 0 Å². The fourth-order valence-corrected chi connectivity index (χ4v) is 2.85. The molecule has 1 saturated heterocycles. The van der Waals surface area contributed by atoms with Crippen LogP contribution in [0.5, 0.6) is 0 Å². The normalized spacial score (nSPS) is 25.4. The van der Waals surface area contributed by atoms with Crippen LogP contribution in [0.1, 0.15) is 37.8 Å². The minimum absolute atomic E-state index is 0.246. The predicted molar refractivity (Wildman–Crippen MR) is 68.3 cm³/mol. The van der Waals surface area contributed by atoms with Gasteiger partial charge >= 0.3 is 0 Å². The van der Waals surface area contributed by atoms with Crippen LogP contribution in [0.4, 0.5) is 0 Å². The molecule has 2 aliphatic heterocycles. The Labute approximate surface area is 112 Å². The van der Waals surface area contributed by atoms with E-state index < -0.39 is 0 Å². The number of aryl methyl sites for hydroxylation is 1. The monoisotopic (exact) mass is 264 g/mol. The highest BCUT2D eigenvalue weighted by molar-refractivity contribution is 5.76. The second-order valence-electron chi connectivity index (χ2n) is 5.33. The number of nitrogens with zero attached hydrogens (tertiary/aromatic N) is 4. The second-order valence-corrected chi connectivity index (χ2v) is 5.33. The van der Waals surface area contributed by atoms with Crippen LogP contribution in [0, 0.1) is 0 Å². The number of aromatic nitrogens is 3. The van der Waals surface area contributed by atoms with Crippen LogP contribution in [-0.4, -0.2) is 45.0 Å². The van der Waals surface area contributed by atoms with Crippen molar-refractivity contribution in [3.63, 3.8) is 0 Å². The van der Waals surface area contributed by atoms with Gasteiger partial charge in [-0.1, -0.05) is 5.21 Å². The number of amides is 1. The first kappa shape index (κ1) is 12.6. The first-order valence-corrected chi connectivity index (χ1v) is 7.09. The van der Waals surface area contributed by atoms with Crippen molar-refractivity contribution in [1.82, 2.24) is 19.9 Å². The summed E-state index contributed by atoms with van der Waals surface area (Å²) in [4.78, 5) is 14.3. The number of rotatable bonds is 0. The highest BCUT2D eigenvalue weighted by atomic mass is 16.5. The number of fused-ring (bicyclic) bond motifs is 3. The van der Waals surface area contributed by atoms with Gasteiger partial charge in [0.25, 0.3) is 0 Å². The molecule has 104 valence electrons. The van der Waals surface area contributed by atoms with E-state index in [9.17, 15) is 4.79 Å². The molecule has 0 spiro atoms. The third-order valence-electron chi connectivity index (χ3n) is 3.87. The van der Waals surface area contributed by atoms with Gasteiger partial charge in [-0.25, -0.2) is 0 Å². The topological polar surface area (TPSA) is 60.3 Å². The number of carbonyl (C=O) groups is 1. The summed E-state index contributed by atoms with van der Waals surface area (Å²) in [6.07, 6.45) is 6.68. The molecule has 1 unspecified atom stereocenters. The van der Waals surface area contributed by atoms with Crippen molar-refractivity contribution in [3.05, 3.63) is 11.9 Å². The van der Waals surface area contributed by atoms with Gasteiger partial charge in [-0.2, -0.15) is 0 Å². The Morgan fingerprint density at radius 3 is 3.16 bits per heavy atom. The maximum Gasteiger partial charge on any atom is 0.222 e. The molecule has 3 rings (SSSR count). The van der Waals surface area contributed by atoms with Crippen molar-refractivity contribution in [2.45, 2.75) is 51.3 Å². The Balaban J connectivity index is 1.72. The van der Waals surface area contributed by atoms with Crippen molar-refractivity contribution in [3.8, 4) is 0 Å². The second kappa shape index (κ2) is 5.69. The van der Waals surface area contributed by atoms with Gasteiger partial charge in [-0.15, -0.1) is 5.10 Å². The van der Waals surface area contributed by atoms with E-state index in [0.29, 0.717) is 19.6 Å². The Kier molecular flexibility index (Phi) is 3.77. The summed E-state index contributed by atoms with van der Waals surface area (Å²) in [7, 11) is 0. The Morgan fingerprint density at radius 2 is 2.21 bits per heavy atom. The first-order chi connectivity index (χ1) is 9.33. The van der Waals surface area contributed by atoms with Crippen LogP contribution in [0.3, 0.4) is 0 Å². The van der Waals surface area contributed by atoms with Crippen molar-refractivity contribution in [2.24, 2.45) is 0 Å².